The molecule has 2 aromatic rings. The fourth-order valence-electron chi connectivity index (χ4n) is 3.73. The molecule has 3 rings (SSSR count). The SMILES string of the molecule is CC(=O)[C@@H]1[C@@H](C)N(Cc2ccccc2)C(=O)N[C@H]1c1cccc(C(F)(F)F)c1. The van der Waals surface area contributed by atoms with Gasteiger partial charge in [0.1, 0.15) is 5.78 Å². The predicted molar refractivity (Wildman–Crippen MR) is 98.3 cm³/mol. The summed E-state index contributed by atoms with van der Waals surface area (Å²) in [7, 11) is 0. The number of carbonyl (C=O) groups excluding carboxylic acids is 2. The summed E-state index contributed by atoms with van der Waals surface area (Å²) in [5.41, 5.74) is 0.375. The molecule has 0 saturated carbocycles. The van der Waals surface area contributed by atoms with Crippen LogP contribution in [0.3, 0.4) is 0 Å². The smallest absolute Gasteiger partial charge is 0.330 e. The zero-order valence-corrected chi connectivity index (χ0v) is 15.5. The highest BCUT2D eigenvalue weighted by Crippen LogP contribution is 2.36. The quantitative estimate of drug-likeness (QED) is 0.832. The van der Waals surface area contributed by atoms with Crippen molar-refractivity contribution in [1.82, 2.24) is 10.2 Å². The molecular weight excluding hydrogens is 369 g/mol. The molecule has 1 fully saturated rings. The van der Waals surface area contributed by atoms with Gasteiger partial charge < -0.3 is 10.2 Å². The lowest BCUT2D eigenvalue weighted by Crippen LogP contribution is -2.58. The summed E-state index contributed by atoms with van der Waals surface area (Å²) in [6, 6.07) is 12.4. The van der Waals surface area contributed by atoms with Gasteiger partial charge in [-0.25, -0.2) is 4.79 Å². The monoisotopic (exact) mass is 390 g/mol. The summed E-state index contributed by atoms with van der Waals surface area (Å²) < 4.78 is 39.3. The Kier molecular flexibility index (Phi) is 5.45. The summed E-state index contributed by atoms with van der Waals surface area (Å²) in [5, 5.41) is 2.74. The lowest BCUT2D eigenvalue weighted by atomic mass is 9.82. The molecule has 3 atom stereocenters. The van der Waals surface area contributed by atoms with Crippen LogP contribution in [0.4, 0.5) is 18.0 Å². The summed E-state index contributed by atoms with van der Waals surface area (Å²) in [6.45, 7) is 3.47. The van der Waals surface area contributed by atoms with Crippen molar-refractivity contribution in [2.75, 3.05) is 0 Å². The highest BCUT2D eigenvalue weighted by atomic mass is 19.4. The number of benzene rings is 2. The highest BCUT2D eigenvalue weighted by molar-refractivity contribution is 5.85. The Morgan fingerprint density at radius 1 is 1.11 bits per heavy atom. The first-order valence-corrected chi connectivity index (χ1v) is 8.97. The van der Waals surface area contributed by atoms with E-state index in [1.807, 2.05) is 30.3 Å². The molecule has 0 unspecified atom stereocenters. The van der Waals surface area contributed by atoms with Crippen LogP contribution in [0, 0.1) is 5.92 Å². The van der Waals surface area contributed by atoms with Crippen LogP contribution >= 0.6 is 0 Å². The molecule has 2 aromatic carbocycles. The van der Waals surface area contributed by atoms with E-state index in [-0.39, 0.29) is 11.3 Å². The molecule has 0 radical (unpaired) electrons. The van der Waals surface area contributed by atoms with E-state index in [0.717, 1.165) is 17.7 Å². The van der Waals surface area contributed by atoms with Gasteiger partial charge in [0.15, 0.2) is 0 Å². The van der Waals surface area contributed by atoms with Crippen LogP contribution in [0.5, 0.6) is 0 Å². The van der Waals surface area contributed by atoms with Gasteiger partial charge in [-0.15, -0.1) is 0 Å². The van der Waals surface area contributed by atoms with Gasteiger partial charge in [0.05, 0.1) is 17.5 Å². The third kappa shape index (κ3) is 4.03. The van der Waals surface area contributed by atoms with Crippen molar-refractivity contribution in [3.05, 3.63) is 71.3 Å². The van der Waals surface area contributed by atoms with Gasteiger partial charge in [-0.05, 0) is 37.1 Å². The Bertz CT molecular complexity index is 867. The maximum Gasteiger partial charge on any atom is 0.416 e. The van der Waals surface area contributed by atoms with E-state index in [0.29, 0.717) is 6.54 Å². The zero-order chi connectivity index (χ0) is 20.5. The van der Waals surface area contributed by atoms with Crippen LogP contribution in [0.25, 0.3) is 0 Å². The lowest BCUT2D eigenvalue weighted by Gasteiger charge is -2.43. The van der Waals surface area contributed by atoms with Crippen LogP contribution in [-0.2, 0) is 17.5 Å². The molecule has 0 bridgehead atoms. The molecule has 2 amide bonds. The third-order valence-corrected chi connectivity index (χ3v) is 5.15. The number of ketones is 1. The Hall–Kier alpha value is -2.83. The van der Waals surface area contributed by atoms with E-state index in [2.05, 4.69) is 5.32 Å². The number of hydrogen-bond acceptors (Lipinski definition) is 2. The Labute approximate surface area is 161 Å². The second kappa shape index (κ2) is 7.66. The Balaban J connectivity index is 1.92. The number of carbonyl (C=O) groups is 2. The van der Waals surface area contributed by atoms with Crippen molar-refractivity contribution in [3.63, 3.8) is 0 Å². The van der Waals surface area contributed by atoms with Crippen LogP contribution in [0.2, 0.25) is 0 Å². The van der Waals surface area contributed by atoms with Gasteiger partial charge in [0.2, 0.25) is 0 Å². The average molecular weight is 390 g/mol. The number of halogens is 3. The summed E-state index contributed by atoms with van der Waals surface area (Å²) in [6.07, 6.45) is -4.49. The van der Waals surface area contributed by atoms with Crippen molar-refractivity contribution in [2.45, 2.75) is 38.7 Å². The fraction of sp³-hybridized carbons (Fsp3) is 0.333. The minimum atomic E-state index is -4.49. The van der Waals surface area contributed by atoms with Gasteiger partial charge in [0.25, 0.3) is 0 Å². The minimum Gasteiger partial charge on any atom is -0.330 e. The first-order chi connectivity index (χ1) is 13.2. The number of nitrogens with one attached hydrogen (secondary N) is 1. The highest BCUT2D eigenvalue weighted by Gasteiger charge is 2.43. The standard InChI is InChI=1S/C21H21F3N2O2/c1-13-18(14(2)27)19(16-9-6-10-17(11-16)21(22,23)24)25-20(28)26(13)12-15-7-4-3-5-8-15/h3-11,13,18-19H,12H2,1-2H3,(H,25,28)/t13-,18+,19+/m1/s1. The second-order valence-electron chi connectivity index (χ2n) is 7.04. The minimum absolute atomic E-state index is 0.187. The maximum absolute atomic E-state index is 13.1. The van der Waals surface area contributed by atoms with Crippen molar-refractivity contribution in [1.29, 1.82) is 0 Å². The van der Waals surface area contributed by atoms with Crippen LogP contribution in [0.1, 0.15) is 36.6 Å². The predicted octanol–water partition coefficient (Wildman–Crippen LogP) is 4.57. The molecular formula is C21H21F3N2O2. The largest absolute Gasteiger partial charge is 0.416 e. The number of nitrogens with zero attached hydrogens (tertiary/aromatic N) is 1. The first-order valence-electron chi connectivity index (χ1n) is 8.97. The van der Waals surface area contributed by atoms with Gasteiger partial charge >= 0.3 is 12.2 Å². The number of hydrogen-bond donors (Lipinski definition) is 1. The number of urea groups is 1. The van der Waals surface area contributed by atoms with Crippen molar-refractivity contribution < 1.29 is 22.8 Å². The topological polar surface area (TPSA) is 49.4 Å². The molecule has 7 heteroatoms. The van der Waals surface area contributed by atoms with Gasteiger partial charge in [0, 0.05) is 12.6 Å². The third-order valence-electron chi connectivity index (χ3n) is 5.15. The van der Waals surface area contributed by atoms with Crippen molar-refractivity contribution >= 4 is 11.8 Å². The summed E-state index contributed by atoms with van der Waals surface area (Å²) in [4.78, 5) is 26.7. The van der Waals surface area contributed by atoms with Crippen molar-refractivity contribution in [2.24, 2.45) is 5.92 Å². The molecule has 0 spiro atoms. The van der Waals surface area contributed by atoms with Crippen LogP contribution in [0.15, 0.2) is 54.6 Å². The fourth-order valence-corrected chi connectivity index (χ4v) is 3.73. The molecule has 1 heterocycles. The van der Waals surface area contributed by atoms with Crippen LogP contribution < -0.4 is 5.32 Å². The van der Waals surface area contributed by atoms with Gasteiger partial charge in [-0.2, -0.15) is 13.2 Å². The molecule has 1 aliphatic heterocycles. The van der Waals surface area contributed by atoms with E-state index in [1.165, 1.54) is 19.1 Å². The number of Topliss-reactive ketones (excluding diaryl/α,β-unsaturated/α-hetero) is 1. The molecule has 4 nitrogen and oxygen atoms in total. The van der Waals surface area contributed by atoms with E-state index in [1.54, 1.807) is 11.8 Å². The van der Waals surface area contributed by atoms with Gasteiger partial charge in [-0.1, -0.05) is 42.5 Å². The Morgan fingerprint density at radius 2 is 1.79 bits per heavy atom. The normalized spacial score (nSPS) is 22.7. The van der Waals surface area contributed by atoms with E-state index < -0.39 is 35.8 Å². The first kappa shape index (κ1) is 19.9. The molecule has 28 heavy (non-hydrogen) atoms. The number of alkyl halides is 3. The van der Waals surface area contributed by atoms with E-state index in [9.17, 15) is 22.8 Å². The average Bonchev–Trinajstić information content (AvgIpc) is 2.64. The van der Waals surface area contributed by atoms with Crippen molar-refractivity contribution in [3.8, 4) is 0 Å². The summed E-state index contributed by atoms with van der Waals surface area (Å²) >= 11 is 0. The maximum atomic E-state index is 13.1. The lowest BCUT2D eigenvalue weighted by molar-refractivity contribution is -0.137. The molecule has 1 aliphatic rings. The van der Waals surface area contributed by atoms with Crippen LogP contribution in [-0.4, -0.2) is 22.8 Å². The zero-order valence-electron chi connectivity index (χ0n) is 15.5. The second-order valence-corrected chi connectivity index (χ2v) is 7.04. The molecule has 0 aliphatic carbocycles. The van der Waals surface area contributed by atoms with E-state index >= 15 is 0 Å². The molecule has 1 saturated heterocycles. The summed E-state index contributed by atoms with van der Waals surface area (Å²) in [5.74, 6) is -0.849. The Morgan fingerprint density at radius 3 is 2.39 bits per heavy atom. The number of amides is 2. The molecule has 148 valence electrons. The molecule has 1 N–H and O–H groups in total. The molecule has 0 aromatic heterocycles. The number of rotatable bonds is 4. The van der Waals surface area contributed by atoms with Gasteiger partial charge in [-0.3, -0.25) is 4.79 Å². The van der Waals surface area contributed by atoms with E-state index in [4.69, 9.17) is 0 Å².